The fraction of sp³-hybridized carbons (Fsp3) is 0.667. The molecule has 0 unspecified atom stereocenters. The number of ether oxygens (including phenoxy) is 2. The molecule has 0 aliphatic heterocycles. The predicted octanol–water partition coefficient (Wildman–Crippen LogP) is 3.10. The van der Waals surface area contributed by atoms with Crippen LogP contribution in [0.1, 0.15) is 44.6 Å². The summed E-state index contributed by atoms with van der Waals surface area (Å²) in [5.41, 5.74) is 1.41. The lowest BCUT2D eigenvalue weighted by molar-refractivity contribution is 0.141. The quantitative estimate of drug-likeness (QED) is 0.432. The van der Waals surface area contributed by atoms with Crippen molar-refractivity contribution < 1.29 is 14.6 Å². The molecule has 1 saturated carbocycles. The Labute approximate surface area is 163 Å². The first-order valence-corrected chi connectivity index (χ1v) is 9.99. The lowest BCUT2D eigenvalue weighted by Gasteiger charge is -2.27. The summed E-state index contributed by atoms with van der Waals surface area (Å²) < 4.78 is 10.5. The maximum atomic E-state index is 9.70. The zero-order chi connectivity index (χ0) is 19.5. The molecule has 1 aliphatic rings. The Bertz CT molecular complexity index is 598. The highest BCUT2D eigenvalue weighted by Crippen LogP contribution is 2.41. The number of aliphatic imine (C=N–C) groups is 1. The third kappa shape index (κ3) is 6.61. The first-order chi connectivity index (χ1) is 13.1. The van der Waals surface area contributed by atoms with Crippen LogP contribution in [-0.2, 0) is 11.2 Å². The van der Waals surface area contributed by atoms with Crippen LogP contribution in [0.15, 0.2) is 23.2 Å². The highest BCUT2D eigenvalue weighted by Gasteiger charge is 2.33. The maximum Gasteiger partial charge on any atom is 0.191 e. The van der Waals surface area contributed by atoms with Crippen LogP contribution < -0.4 is 15.4 Å². The average molecular weight is 378 g/mol. The van der Waals surface area contributed by atoms with Crippen molar-refractivity contribution in [2.75, 3.05) is 40.5 Å². The van der Waals surface area contributed by atoms with E-state index >= 15 is 0 Å². The first kappa shape index (κ1) is 21.4. The van der Waals surface area contributed by atoms with Gasteiger partial charge in [-0.15, -0.1) is 0 Å². The number of benzene rings is 1. The molecule has 152 valence electrons. The molecular weight excluding hydrogens is 342 g/mol. The van der Waals surface area contributed by atoms with E-state index in [9.17, 15) is 5.11 Å². The van der Waals surface area contributed by atoms with Crippen molar-refractivity contribution in [3.63, 3.8) is 0 Å². The summed E-state index contributed by atoms with van der Waals surface area (Å²) in [6.07, 6.45) is 6.99. The van der Waals surface area contributed by atoms with E-state index in [1.165, 1.54) is 25.7 Å². The zero-order valence-corrected chi connectivity index (χ0v) is 17.0. The van der Waals surface area contributed by atoms with Gasteiger partial charge in [0.2, 0.25) is 0 Å². The van der Waals surface area contributed by atoms with E-state index in [0.29, 0.717) is 11.2 Å². The van der Waals surface area contributed by atoms with Gasteiger partial charge in [-0.05, 0) is 55.7 Å². The van der Waals surface area contributed by atoms with Crippen molar-refractivity contribution in [1.82, 2.24) is 10.6 Å². The van der Waals surface area contributed by atoms with Gasteiger partial charge >= 0.3 is 0 Å². The van der Waals surface area contributed by atoms with Crippen LogP contribution in [0.3, 0.4) is 0 Å². The minimum atomic E-state index is 0.169. The Morgan fingerprint density at radius 2 is 2.00 bits per heavy atom. The lowest BCUT2D eigenvalue weighted by Crippen LogP contribution is -2.39. The second-order valence-electron chi connectivity index (χ2n) is 7.33. The molecule has 27 heavy (non-hydrogen) atoms. The molecule has 0 heterocycles. The molecule has 1 fully saturated rings. The molecule has 1 aromatic carbocycles. The van der Waals surface area contributed by atoms with E-state index < -0.39 is 0 Å². The number of nitrogens with one attached hydrogen (secondary N) is 2. The predicted molar refractivity (Wildman–Crippen MR) is 110 cm³/mol. The number of phenolic OH excluding ortho intramolecular Hbond substituents is 1. The summed E-state index contributed by atoms with van der Waals surface area (Å²) in [4.78, 5) is 4.87. The summed E-state index contributed by atoms with van der Waals surface area (Å²) in [5.74, 6) is 1.54. The molecule has 0 radical (unpaired) electrons. The van der Waals surface area contributed by atoms with Crippen molar-refractivity contribution in [3.8, 4) is 11.5 Å². The Kier molecular flexibility index (Phi) is 8.72. The Balaban J connectivity index is 1.91. The van der Waals surface area contributed by atoms with Gasteiger partial charge in [-0.2, -0.15) is 0 Å². The molecular formula is C21H35N3O3. The molecule has 0 bridgehead atoms. The third-order valence-corrected chi connectivity index (χ3v) is 5.37. The van der Waals surface area contributed by atoms with Crippen molar-refractivity contribution >= 4 is 5.96 Å². The standard InChI is InChI=1S/C21H35N3O3/c1-4-22-20(24-16-21(12-14-26-2)10-5-6-11-21)23-13-9-17-7-8-18(25)19(15-17)27-3/h7-8,15,25H,4-6,9-14,16H2,1-3H3,(H2,22,23,24). The topological polar surface area (TPSA) is 75.1 Å². The highest BCUT2D eigenvalue weighted by atomic mass is 16.5. The molecule has 3 N–H and O–H groups in total. The summed E-state index contributed by atoms with van der Waals surface area (Å²) in [5, 5.41) is 16.5. The van der Waals surface area contributed by atoms with Crippen molar-refractivity contribution in [1.29, 1.82) is 0 Å². The number of hydrogen-bond donors (Lipinski definition) is 3. The maximum absolute atomic E-state index is 9.70. The molecule has 0 amide bonds. The van der Waals surface area contributed by atoms with Gasteiger partial charge in [0.1, 0.15) is 0 Å². The number of rotatable bonds is 10. The van der Waals surface area contributed by atoms with Crippen molar-refractivity contribution in [2.45, 2.75) is 45.4 Å². The molecule has 2 rings (SSSR count). The molecule has 6 heteroatoms. The number of hydrogen-bond acceptors (Lipinski definition) is 4. The molecule has 0 aromatic heterocycles. The van der Waals surface area contributed by atoms with E-state index in [1.807, 2.05) is 12.1 Å². The van der Waals surface area contributed by atoms with Gasteiger partial charge in [-0.25, -0.2) is 0 Å². The number of nitrogens with zero attached hydrogens (tertiary/aromatic N) is 1. The van der Waals surface area contributed by atoms with Gasteiger partial charge in [-0.1, -0.05) is 18.9 Å². The first-order valence-electron chi connectivity index (χ1n) is 9.99. The van der Waals surface area contributed by atoms with Gasteiger partial charge in [0, 0.05) is 33.4 Å². The van der Waals surface area contributed by atoms with Crippen LogP contribution in [0.4, 0.5) is 0 Å². The van der Waals surface area contributed by atoms with Crippen LogP contribution in [0.5, 0.6) is 11.5 Å². The van der Waals surface area contributed by atoms with Gasteiger partial charge < -0.3 is 25.2 Å². The van der Waals surface area contributed by atoms with Crippen LogP contribution in [0.2, 0.25) is 0 Å². The van der Waals surface area contributed by atoms with E-state index in [0.717, 1.165) is 50.6 Å². The van der Waals surface area contributed by atoms with E-state index in [-0.39, 0.29) is 5.75 Å². The molecule has 1 aliphatic carbocycles. The van der Waals surface area contributed by atoms with Gasteiger partial charge in [0.05, 0.1) is 7.11 Å². The van der Waals surface area contributed by atoms with Crippen LogP contribution >= 0.6 is 0 Å². The molecule has 0 saturated heterocycles. The third-order valence-electron chi connectivity index (χ3n) is 5.37. The fourth-order valence-electron chi connectivity index (χ4n) is 3.72. The molecule has 0 atom stereocenters. The summed E-state index contributed by atoms with van der Waals surface area (Å²) in [7, 11) is 3.34. The van der Waals surface area contributed by atoms with Gasteiger partial charge in [-0.3, -0.25) is 4.99 Å². The van der Waals surface area contributed by atoms with Crippen LogP contribution in [0.25, 0.3) is 0 Å². The number of phenols is 1. The van der Waals surface area contributed by atoms with E-state index in [2.05, 4.69) is 17.6 Å². The van der Waals surface area contributed by atoms with Crippen LogP contribution in [0, 0.1) is 5.41 Å². The van der Waals surface area contributed by atoms with Gasteiger partial charge in [0.15, 0.2) is 17.5 Å². The fourth-order valence-corrected chi connectivity index (χ4v) is 3.72. The number of aromatic hydroxyl groups is 1. The monoisotopic (exact) mass is 377 g/mol. The molecule has 6 nitrogen and oxygen atoms in total. The van der Waals surface area contributed by atoms with E-state index in [4.69, 9.17) is 14.5 Å². The number of guanidine groups is 1. The lowest BCUT2D eigenvalue weighted by atomic mass is 9.83. The smallest absolute Gasteiger partial charge is 0.191 e. The van der Waals surface area contributed by atoms with Crippen LogP contribution in [-0.4, -0.2) is 51.5 Å². The average Bonchev–Trinajstić information content (AvgIpc) is 3.15. The summed E-state index contributed by atoms with van der Waals surface area (Å²) in [6, 6.07) is 5.47. The van der Waals surface area contributed by atoms with E-state index in [1.54, 1.807) is 20.3 Å². The van der Waals surface area contributed by atoms with Gasteiger partial charge in [0.25, 0.3) is 0 Å². The minimum absolute atomic E-state index is 0.169. The largest absolute Gasteiger partial charge is 0.504 e. The normalized spacial score (nSPS) is 16.3. The summed E-state index contributed by atoms with van der Waals surface area (Å²) >= 11 is 0. The Morgan fingerprint density at radius 3 is 2.67 bits per heavy atom. The second-order valence-corrected chi connectivity index (χ2v) is 7.33. The summed E-state index contributed by atoms with van der Waals surface area (Å²) in [6.45, 7) is 5.34. The SMILES string of the molecule is CCNC(=NCC1(CCOC)CCCC1)NCCc1ccc(O)c(OC)c1. The number of methoxy groups -OCH3 is 2. The Morgan fingerprint density at radius 1 is 1.22 bits per heavy atom. The molecule has 0 spiro atoms. The molecule has 1 aromatic rings. The Hall–Kier alpha value is -1.95. The zero-order valence-electron chi connectivity index (χ0n) is 17.0. The highest BCUT2D eigenvalue weighted by molar-refractivity contribution is 5.79. The van der Waals surface area contributed by atoms with Crippen molar-refractivity contribution in [3.05, 3.63) is 23.8 Å². The second kappa shape index (κ2) is 11.0. The minimum Gasteiger partial charge on any atom is -0.504 e. The van der Waals surface area contributed by atoms with Crippen molar-refractivity contribution in [2.24, 2.45) is 10.4 Å².